The Bertz CT molecular complexity index is 879. The van der Waals surface area contributed by atoms with Gasteiger partial charge in [-0.3, -0.25) is 14.9 Å². The summed E-state index contributed by atoms with van der Waals surface area (Å²) in [5, 5.41) is 13.3. The van der Waals surface area contributed by atoms with Crippen LogP contribution < -0.4 is 10.1 Å². The highest BCUT2D eigenvalue weighted by Crippen LogP contribution is 2.21. The summed E-state index contributed by atoms with van der Waals surface area (Å²) in [4.78, 5) is 34.4. The van der Waals surface area contributed by atoms with Gasteiger partial charge in [0.15, 0.2) is 6.61 Å². The lowest BCUT2D eigenvalue weighted by atomic mass is 10.2. The third kappa shape index (κ3) is 6.08. The van der Waals surface area contributed by atoms with Crippen LogP contribution in [-0.2, 0) is 9.53 Å². The number of ether oxygens (including phenoxy) is 2. The van der Waals surface area contributed by atoms with Crippen LogP contribution in [0.1, 0.15) is 29.8 Å². The Hall–Kier alpha value is -3.42. The number of rotatable bonds is 8. The normalized spacial score (nSPS) is 10.4. The van der Waals surface area contributed by atoms with Crippen LogP contribution in [-0.4, -0.2) is 30.0 Å². The van der Waals surface area contributed by atoms with Crippen molar-refractivity contribution in [3.63, 3.8) is 0 Å². The summed E-state index contributed by atoms with van der Waals surface area (Å²) >= 11 is 0. The zero-order valence-corrected chi connectivity index (χ0v) is 15.9. The Morgan fingerprint density at radius 3 is 2.57 bits per heavy atom. The van der Waals surface area contributed by atoms with Gasteiger partial charge in [-0.25, -0.2) is 4.79 Å². The molecule has 28 heavy (non-hydrogen) atoms. The van der Waals surface area contributed by atoms with Crippen molar-refractivity contribution >= 4 is 23.3 Å². The van der Waals surface area contributed by atoms with Gasteiger partial charge in [0.25, 0.3) is 11.6 Å². The number of benzene rings is 2. The minimum Gasteiger partial charge on any atom is -0.493 e. The Balaban J connectivity index is 1.91. The molecule has 0 saturated carbocycles. The standard InChI is InChI=1S/C20H22N2O6/c1-13(2)11-27-17-6-4-5-15(10-17)20(24)28-12-19(23)21-18-8-7-16(22(25)26)9-14(18)3/h4-10,13H,11-12H2,1-3H3,(H,21,23). The molecule has 0 aromatic heterocycles. The fourth-order valence-corrected chi connectivity index (χ4v) is 2.28. The second-order valence-corrected chi connectivity index (χ2v) is 6.61. The van der Waals surface area contributed by atoms with Gasteiger partial charge < -0.3 is 14.8 Å². The van der Waals surface area contributed by atoms with Gasteiger partial charge in [-0.1, -0.05) is 19.9 Å². The molecule has 0 aliphatic rings. The molecule has 0 unspecified atom stereocenters. The molecule has 1 amide bonds. The van der Waals surface area contributed by atoms with Crippen molar-refractivity contribution in [1.82, 2.24) is 0 Å². The van der Waals surface area contributed by atoms with Crippen LogP contribution in [0.5, 0.6) is 5.75 Å². The Morgan fingerprint density at radius 2 is 1.93 bits per heavy atom. The van der Waals surface area contributed by atoms with Crippen LogP contribution in [0.3, 0.4) is 0 Å². The number of esters is 1. The summed E-state index contributed by atoms with van der Waals surface area (Å²) in [6.07, 6.45) is 0. The minimum atomic E-state index is -0.648. The van der Waals surface area contributed by atoms with Gasteiger partial charge in [0, 0.05) is 17.8 Å². The highest BCUT2D eigenvalue weighted by Gasteiger charge is 2.14. The van der Waals surface area contributed by atoms with Gasteiger partial charge in [0.2, 0.25) is 0 Å². The smallest absolute Gasteiger partial charge is 0.338 e. The second-order valence-electron chi connectivity index (χ2n) is 6.61. The zero-order valence-electron chi connectivity index (χ0n) is 15.9. The number of nitrogens with one attached hydrogen (secondary N) is 1. The lowest BCUT2D eigenvalue weighted by molar-refractivity contribution is -0.384. The fourth-order valence-electron chi connectivity index (χ4n) is 2.28. The van der Waals surface area contributed by atoms with E-state index in [0.29, 0.717) is 29.5 Å². The average Bonchev–Trinajstić information content (AvgIpc) is 2.66. The maximum Gasteiger partial charge on any atom is 0.338 e. The molecule has 0 fully saturated rings. The molecular formula is C20H22N2O6. The molecule has 1 N–H and O–H groups in total. The number of hydrogen-bond donors (Lipinski definition) is 1. The fraction of sp³-hybridized carbons (Fsp3) is 0.300. The minimum absolute atomic E-state index is 0.0681. The van der Waals surface area contributed by atoms with Gasteiger partial charge in [-0.05, 0) is 42.7 Å². The second kappa shape index (κ2) is 9.50. The summed E-state index contributed by atoms with van der Waals surface area (Å²) in [6, 6.07) is 10.6. The predicted octanol–water partition coefficient (Wildman–Crippen LogP) is 3.73. The number of carbonyl (C=O) groups excluding carboxylic acids is 2. The molecule has 148 valence electrons. The molecule has 2 aromatic rings. The molecule has 2 aromatic carbocycles. The van der Waals surface area contributed by atoms with E-state index in [0.717, 1.165) is 0 Å². The lowest BCUT2D eigenvalue weighted by Crippen LogP contribution is -2.21. The van der Waals surface area contributed by atoms with Crippen molar-refractivity contribution < 1.29 is 24.0 Å². The lowest BCUT2D eigenvalue weighted by Gasteiger charge is -2.11. The highest BCUT2D eigenvalue weighted by atomic mass is 16.6. The predicted molar refractivity (Wildman–Crippen MR) is 104 cm³/mol. The van der Waals surface area contributed by atoms with E-state index in [1.165, 1.54) is 18.2 Å². The Kier molecular flexibility index (Phi) is 7.08. The quantitative estimate of drug-likeness (QED) is 0.421. The summed E-state index contributed by atoms with van der Waals surface area (Å²) in [5.41, 5.74) is 1.15. The molecule has 0 aliphatic carbocycles. The first kappa shape index (κ1) is 20.9. The van der Waals surface area contributed by atoms with E-state index >= 15 is 0 Å². The van der Waals surface area contributed by atoms with Gasteiger partial charge in [0.1, 0.15) is 5.75 Å². The number of nitrogens with zero attached hydrogens (tertiary/aromatic N) is 1. The summed E-state index contributed by atoms with van der Waals surface area (Å²) in [7, 11) is 0. The van der Waals surface area contributed by atoms with Gasteiger partial charge >= 0.3 is 5.97 Å². The topological polar surface area (TPSA) is 108 Å². The van der Waals surface area contributed by atoms with E-state index in [2.05, 4.69) is 5.32 Å². The number of hydrogen-bond acceptors (Lipinski definition) is 6. The van der Waals surface area contributed by atoms with Crippen LogP contribution in [0.2, 0.25) is 0 Å². The number of aryl methyl sites for hydroxylation is 1. The van der Waals surface area contributed by atoms with E-state index in [9.17, 15) is 19.7 Å². The Morgan fingerprint density at radius 1 is 1.18 bits per heavy atom. The van der Waals surface area contributed by atoms with E-state index in [-0.39, 0.29) is 11.3 Å². The number of amides is 1. The summed E-state index contributed by atoms with van der Waals surface area (Å²) < 4.78 is 10.6. The van der Waals surface area contributed by atoms with Crippen LogP contribution >= 0.6 is 0 Å². The molecule has 8 nitrogen and oxygen atoms in total. The first-order valence-electron chi connectivity index (χ1n) is 8.71. The van der Waals surface area contributed by atoms with Crippen molar-refractivity contribution in [3.05, 3.63) is 63.7 Å². The maximum atomic E-state index is 12.1. The van der Waals surface area contributed by atoms with E-state index in [1.54, 1.807) is 31.2 Å². The number of carbonyl (C=O) groups is 2. The van der Waals surface area contributed by atoms with Gasteiger partial charge in [-0.2, -0.15) is 0 Å². The van der Waals surface area contributed by atoms with Gasteiger partial charge in [0.05, 0.1) is 17.1 Å². The molecule has 0 bridgehead atoms. The number of non-ortho nitro benzene ring substituents is 1. The van der Waals surface area contributed by atoms with Crippen LogP contribution in [0, 0.1) is 23.0 Å². The van der Waals surface area contributed by atoms with Crippen molar-refractivity contribution in [2.75, 3.05) is 18.5 Å². The monoisotopic (exact) mass is 386 g/mol. The molecule has 0 aliphatic heterocycles. The van der Waals surface area contributed by atoms with E-state index in [1.807, 2.05) is 13.8 Å². The molecule has 0 saturated heterocycles. The molecule has 2 rings (SSSR count). The third-order valence-electron chi connectivity index (χ3n) is 3.68. The van der Waals surface area contributed by atoms with E-state index in [4.69, 9.17) is 9.47 Å². The summed E-state index contributed by atoms with van der Waals surface area (Å²) in [5.74, 6) is -0.292. The van der Waals surface area contributed by atoms with E-state index < -0.39 is 23.4 Å². The third-order valence-corrected chi connectivity index (χ3v) is 3.68. The molecule has 0 radical (unpaired) electrons. The first-order chi connectivity index (χ1) is 13.3. The zero-order chi connectivity index (χ0) is 20.7. The summed E-state index contributed by atoms with van der Waals surface area (Å²) in [6.45, 7) is 5.71. The number of anilines is 1. The molecule has 8 heteroatoms. The molecule has 0 spiro atoms. The maximum absolute atomic E-state index is 12.1. The van der Waals surface area contributed by atoms with Gasteiger partial charge in [-0.15, -0.1) is 0 Å². The number of nitro groups is 1. The van der Waals surface area contributed by atoms with Crippen LogP contribution in [0.4, 0.5) is 11.4 Å². The Labute approximate surface area is 162 Å². The van der Waals surface area contributed by atoms with Crippen molar-refractivity contribution in [2.45, 2.75) is 20.8 Å². The molecule has 0 heterocycles. The average molecular weight is 386 g/mol. The molecule has 0 atom stereocenters. The number of nitro benzene ring substituents is 1. The van der Waals surface area contributed by atoms with Crippen molar-refractivity contribution in [2.24, 2.45) is 5.92 Å². The van der Waals surface area contributed by atoms with Crippen LogP contribution in [0.15, 0.2) is 42.5 Å². The molecular weight excluding hydrogens is 364 g/mol. The first-order valence-corrected chi connectivity index (χ1v) is 8.71. The van der Waals surface area contributed by atoms with Crippen molar-refractivity contribution in [1.29, 1.82) is 0 Å². The highest BCUT2D eigenvalue weighted by molar-refractivity contribution is 5.96. The SMILES string of the molecule is Cc1cc([N+](=O)[O-])ccc1NC(=O)COC(=O)c1cccc(OCC(C)C)c1. The van der Waals surface area contributed by atoms with Crippen molar-refractivity contribution in [3.8, 4) is 5.75 Å². The largest absolute Gasteiger partial charge is 0.493 e. The van der Waals surface area contributed by atoms with Crippen LogP contribution in [0.25, 0.3) is 0 Å².